The molecule has 0 aliphatic rings. The summed E-state index contributed by atoms with van der Waals surface area (Å²) in [5, 5.41) is 2.87. The van der Waals surface area contributed by atoms with Gasteiger partial charge in [-0.15, -0.1) is 0 Å². The number of aryl methyl sites for hydroxylation is 5. The molecule has 31 heavy (non-hydrogen) atoms. The first-order chi connectivity index (χ1) is 14.6. The molecule has 0 aromatic heterocycles. The van der Waals surface area contributed by atoms with Gasteiger partial charge in [0.2, 0.25) is 5.91 Å². The number of carbonyl (C=O) groups excluding carboxylic acids is 1. The second-order valence-electron chi connectivity index (χ2n) is 7.98. The van der Waals surface area contributed by atoms with Crippen molar-refractivity contribution in [2.24, 2.45) is 0 Å². The summed E-state index contributed by atoms with van der Waals surface area (Å²) in [7, 11) is -3.94. The lowest BCUT2D eigenvalue weighted by atomic mass is 10.1. The van der Waals surface area contributed by atoms with Crippen LogP contribution in [0.5, 0.6) is 0 Å². The number of hydrogen-bond acceptors (Lipinski definition) is 3. The van der Waals surface area contributed by atoms with E-state index in [2.05, 4.69) is 5.32 Å². The summed E-state index contributed by atoms with van der Waals surface area (Å²) >= 11 is 0. The van der Waals surface area contributed by atoms with Crippen molar-refractivity contribution in [3.63, 3.8) is 0 Å². The molecule has 3 aromatic carbocycles. The third-order valence-corrected chi connectivity index (χ3v) is 6.97. The van der Waals surface area contributed by atoms with Crippen LogP contribution in [-0.2, 0) is 14.8 Å². The molecule has 0 bridgehead atoms. The van der Waals surface area contributed by atoms with Gasteiger partial charge in [0, 0.05) is 5.69 Å². The third-order valence-electron chi connectivity index (χ3n) is 5.20. The molecule has 162 valence electrons. The van der Waals surface area contributed by atoms with E-state index in [9.17, 15) is 13.2 Å². The first-order valence-corrected chi connectivity index (χ1v) is 11.6. The highest BCUT2D eigenvalue weighted by Crippen LogP contribution is 2.28. The third kappa shape index (κ3) is 5.14. The van der Waals surface area contributed by atoms with Gasteiger partial charge in [-0.1, -0.05) is 42.0 Å². The Morgan fingerprint density at radius 2 is 1.32 bits per heavy atom. The van der Waals surface area contributed by atoms with Crippen molar-refractivity contribution < 1.29 is 13.2 Å². The molecular weight excluding hydrogens is 408 g/mol. The van der Waals surface area contributed by atoms with Gasteiger partial charge in [0.05, 0.1) is 10.6 Å². The van der Waals surface area contributed by atoms with Gasteiger partial charge >= 0.3 is 0 Å². The lowest BCUT2D eigenvalue weighted by Crippen LogP contribution is -2.38. The van der Waals surface area contributed by atoms with E-state index in [-0.39, 0.29) is 11.4 Å². The van der Waals surface area contributed by atoms with Gasteiger partial charge in [0.15, 0.2) is 0 Å². The highest BCUT2D eigenvalue weighted by atomic mass is 32.2. The fraction of sp³-hybridized carbons (Fsp3) is 0.240. The lowest BCUT2D eigenvalue weighted by Gasteiger charge is -2.26. The van der Waals surface area contributed by atoms with Crippen molar-refractivity contribution in [1.29, 1.82) is 0 Å². The molecule has 0 fully saturated rings. The van der Waals surface area contributed by atoms with Crippen molar-refractivity contribution in [3.05, 3.63) is 88.5 Å². The highest BCUT2D eigenvalue weighted by molar-refractivity contribution is 7.92. The maximum atomic E-state index is 13.6. The van der Waals surface area contributed by atoms with E-state index in [4.69, 9.17) is 0 Å². The van der Waals surface area contributed by atoms with Gasteiger partial charge in [-0.2, -0.15) is 0 Å². The van der Waals surface area contributed by atoms with Gasteiger partial charge in [0.25, 0.3) is 10.0 Å². The van der Waals surface area contributed by atoms with E-state index in [1.165, 1.54) is 4.31 Å². The van der Waals surface area contributed by atoms with E-state index in [1.807, 2.05) is 65.0 Å². The van der Waals surface area contributed by atoms with Crippen LogP contribution in [0.4, 0.5) is 11.4 Å². The van der Waals surface area contributed by atoms with Crippen molar-refractivity contribution in [2.75, 3.05) is 16.2 Å². The second-order valence-corrected chi connectivity index (χ2v) is 9.84. The molecule has 1 amide bonds. The van der Waals surface area contributed by atoms with Crippen LogP contribution in [0.15, 0.2) is 65.6 Å². The summed E-state index contributed by atoms with van der Waals surface area (Å²) in [5.74, 6) is -0.398. The van der Waals surface area contributed by atoms with Gasteiger partial charge in [-0.3, -0.25) is 9.10 Å². The Morgan fingerprint density at radius 3 is 1.97 bits per heavy atom. The number of benzene rings is 3. The number of nitrogens with zero attached hydrogens (tertiary/aromatic N) is 1. The number of anilines is 2. The maximum absolute atomic E-state index is 13.6. The highest BCUT2D eigenvalue weighted by Gasteiger charge is 2.28. The summed E-state index contributed by atoms with van der Waals surface area (Å²) in [5.41, 5.74) is 5.76. The van der Waals surface area contributed by atoms with E-state index in [1.54, 1.807) is 30.3 Å². The predicted molar refractivity (Wildman–Crippen MR) is 126 cm³/mol. The molecule has 5 nitrogen and oxygen atoms in total. The van der Waals surface area contributed by atoms with Crippen molar-refractivity contribution in [2.45, 2.75) is 39.5 Å². The fourth-order valence-corrected chi connectivity index (χ4v) is 4.79. The van der Waals surface area contributed by atoms with Crippen LogP contribution >= 0.6 is 0 Å². The van der Waals surface area contributed by atoms with Crippen LogP contribution in [0.2, 0.25) is 0 Å². The van der Waals surface area contributed by atoms with Crippen molar-refractivity contribution in [3.8, 4) is 0 Å². The molecule has 0 radical (unpaired) electrons. The molecule has 0 saturated heterocycles. The second kappa shape index (κ2) is 8.94. The molecular formula is C25H28N2O3S. The molecule has 0 unspecified atom stereocenters. The van der Waals surface area contributed by atoms with Crippen LogP contribution in [0.25, 0.3) is 0 Å². The Kier molecular flexibility index (Phi) is 6.51. The molecule has 0 heterocycles. The van der Waals surface area contributed by atoms with Crippen molar-refractivity contribution in [1.82, 2.24) is 0 Å². The van der Waals surface area contributed by atoms with Crippen LogP contribution in [-0.4, -0.2) is 20.9 Å². The minimum Gasteiger partial charge on any atom is -0.324 e. The topological polar surface area (TPSA) is 66.5 Å². The summed E-state index contributed by atoms with van der Waals surface area (Å²) in [6, 6.07) is 18.0. The van der Waals surface area contributed by atoms with Gasteiger partial charge in [-0.05, 0) is 81.1 Å². The van der Waals surface area contributed by atoms with Gasteiger partial charge in [0.1, 0.15) is 6.54 Å². The van der Waals surface area contributed by atoms with Crippen LogP contribution in [0, 0.1) is 34.6 Å². The molecule has 0 spiro atoms. The van der Waals surface area contributed by atoms with E-state index in [0.29, 0.717) is 11.4 Å². The first kappa shape index (κ1) is 22.6. The Morgan fingerprint density at radius 1 is 0.774 bits per heavy atom. The molecule has 0 atom stereocenters. The minimum absolute atomic E-state index is 0.151. The first-order valence-electron chi connectivity index (χ1n) is 10.1. The molecule has 1 N–H and O–H groups in total. The molecule has 3 rings (SSSR count). The quantitative estimate of drug-likeness (QED) is 0.587. The van der Waals surface area contributed by atoms with Crippen LogP contribution < -0.4 is 9.62 Å². The largest absolute Gasteiger partial charge is 0.324 e. The fourth-order valence-electron chi connectivity index (χ4n) is 3.32. The van der Waals surface area contributed by atoms with E-state index < -0.39 is 15.9 Å². The zero-order valence-electron chi connectivity index (χ0n) is 18.6. The minimum atomic E-state index is -3.94. The summed E-state index contributed by atoms with van der Waals surface area (Å²) in [4.78, 5) is 13.1. The Bertz CT molecular complexity index is 1220. The standard InChI is InChI=1S/C25H28N2O3S/c1-17-8-12-22(13-9-17)31(29,30)27(24-15-19(3)7-11-21(24)5)16-25(28)26-23-14-18(2)6-10-20(23)4/h6-15H,16H2,1-5H3,(H,26,28). The number of rotatable bonds is 6. The number of hydrogen-bond donors (Lipinski definition) is 1. The lowest BCUT2D eigenvalue weighted by molar-refractivity contribution is -0.114. The van der Waals surface area contributed by atoms with E-state index in [0.717, 1.165) is 27.8 Å². The SMILES string of the molecule is Cc1ccc(S(=O)(=O)N(CC(=O)Nc2cc(C)ccc2C)c2cc(C)ccc2C)cc1. The summed E-state index contributed by atoms with van der Waals surface area (Å²) < 4.78 is 28.3. The maximum Gasteiger partial charge on any atom is 0.264 e. The Labute approximate surface area is 184 Å². The smallest absolute Gasteiger partial charge is 0.264 e. The number of carbonyl (C=O) groups is 1. The predicted octanol–water partition coefficient (Wildman–Crippen LogP) is 5.06. The van der Waals surface area contributed by atoms with Crippen LogP contribution in [0.1, 0.15) is 27.8 Å². The normalized spacial score (nSPS) is 11.3. The Balaban J connectivity index is 2.02. The molecule has 0 aliphatic carbocycles. The zero-order valence-corrected chi connectivity index (χ0v) is 19.4. The summed E-state index contributed by atoms with van der Waals surface area (Å²) in [6.07, 6.45) is 0. The Hall–Kier alpha value is -3.12. The number of sulfonamides is 1. The summed E-state index contributed by atoms with van der Waals surface area (Å²) in [6.45, 7) is 9.16. The molecule has 0 saturated carbocycles. The molecule has 6 heteroatoms. The van der Waals surface area contributed by atoms with Gasteiger partial charge in [-0.25, -0.2) is 8.42 Å². The molecule has 3 aromatic rings. The number of amides is 1. The average Bonchev–Trinajstić information content (AvgIpc) is 2.71. The number of nitrogens with one attached hydrogen (secondary N) is 1. The van der Waals surface area contributed by atoms with Gasteiger partial charge < -0.3 is 5.32 Å². The molecule has 0 aliphatic heterocycles. The monoisotopic (exact) mass is 436 g/mol. The zero-order chi connectivity index (χ0) is 22.8. The van der Waals surface area contributed by atoms with Crippen molar-refractivity contribution >= 4 is 27.3 Å². The van der Waals surface area contributed by atoms with Crippen LogP contribution in [0.3, 0.4) is 0 Å². The average molecular weight is 437 g/mol. The van der Waals surface area contributed by atoms with E-state index >= 15 is 0 Å².